The Kier molecular flexibility index (Phi) is 7.38. The van der Waals surface area contributed by atoms with Crippen LogP contribution in [-0.2, 0) is 26.1 Å². The van der Waals surface area contributed by atoms with Crippen LogP contribution in [0.2, 0.25) is 0 Å². The molecule has 0 spiro atoms. The summed E-state index contributed by atoms with van der Waals surface area (Å²) in [6.45, 7) is 5.82. The highest BCUT2D eigenvalue weighted by Gasteiger charge is 2.34. The smallest absolute Gasteiger partial charge is 0.324 e. The molecule has 0 aliphatic rings. The molecule has 0 aliphatic carbocycles. The van der Waals surface area contributed by atoms with E-state index in [-0.39, 0.29) is 18.0 Å². The number of rotatable bonds is 9. The third-order valence-corrected chi connectivity index (χ3v) is 5.91. The van der Waals surface area contributed by atoms with Crippen LogP contribution < -0.4 is 4.74 Å². The summed E-state index contributed by atoms with van der Waals surface area (Å²) in [6, 6.07) is 14.4. The Morgan fingerprint density at radius 1 is 1.00 bits per heavy atom. The second-order valence-corrected chi connectivity index (χ2v) is 7.76. The zero-order chi connectivity index (χ0) is 19.9. The number of sulfonamides is 1. The first-order valence-electron chi connectivity index (χ1n) is 8.85. The molecule has 6 nitrogen and oxygen atoms in total. The topological polar surface area (TPSA) is 72.9 Å². The quantitative estimate of drug-likeness (QED) is 0.614. The highest BCUT2D eigenvalue weighted by molar-refractivity contribution is 7.89. The van der Waals surface area contributed by atoms with Crippen molar-refractivity contribution >= 4 is 16.0 Å². The van der Waals surface area contributed by atoms with E-state index in [4.69, 9.17) is 9.47 Å². The van der Waals surface area contributed by atoms with Gasteiger partial charge in [-0.15, -0.1) is 0 Å². The lowest BCUT2D eigenvalue weighted by Gasteiger charge is -2.27. The normalized spacial score (nSPS) is 12.6. The fourth-order valence-electron chi connectivity index (χ4n) is 2.58. The van der Waals surface area contributed by atoms with Crippen LogP contribution in [0.15, 0.2) is 59.5 Å². The largest absolute Gasteiger partial charge is 0.494 e. The molecule has 27 heavy (non-hydrogen) atoms. The summed E-state index contributed by atoms with van der Waals surface area (Å²) in [5.74, 6) is 0.00689. The van der Waals surface area contributed by atoms with Gasteiger partial charge in [-0.1, -0.05) is 30.3 Å². The fraction of sp³-hybridized carbons (Fsp3) is 0.350. The molecule has 1 atom stereocenters. The van der Waals surface area contributed by atoms with Gasteiger partial charge in [0.15, 0.2) is 0 Å². The second-order valence-electron chi connectivity index (χ2n) is 5.87. The monoisotopic (exact) mass is 391 g/mol. The van der Waals surface area contributed by atoms with Gasteiger partial charge in [-0.3, -0.25) is 4.79 Å². The van der Waals surface area contributed by atoms with Crippen LogP contribution in [0.3, 0.4) is 0 Å². The van der Waals surface area contributed by atoms with Gasteiger partial charge >= 0.3 is 5.97 Å². The van der Waals surface area contributed by atoms with Crippen LogP contribution in [-0.4, -0.2) is 37.9 Å². The van der Waals surface area contributed by atoms with Gasteiger partial charge in [0.2, 0.25) is 10.0 Å². The van der Waals surface area contributed by atoms with E-state index in [0.717, 1.165) is 9.87 Å². The number of ether oxygens (including phenoxy) is 2. The lowest BCUT2D eigenvalue weighted by molar-refractivity contribution is -0.147. The molecule has 2 rings (SSSR count). The van der Waals surface area contributed by atoms with Crippen LogP contribution in [0.4, 0.5) is 0 Å². The Bertz CT molecular complexity index is 834. The lowest BCUT2D eigenvalue weighted by Crippen LogP contribution is -2.43. The van der Waals surface area contributed by atoms with E-state index in [9.17, 15) is 13.2 Å². The molecule has 0 aliphatic heterocycles. The van der Waals surface area contributed by atoms with E-state index in [1.54, 1.807) is 19.1 Å². The molecular formula is C20H25NO5S. The average molecular weight is 391 g/mol. The van der Waals surface area contributed by atoms with E-state index >= 15 is 0 Å². The minimum Gasteiger partial charge on any atom is -0.494 e. The Labute approximate surface area is 160 Å². The second kappa shape index (κ2) is 9.53. The van der Waals surface area contributed by atoms with Crippen molar-refractivity contribution in [3.8, 4) is 5.75 Å². The predicted octanol–water partition coefficient (Wildman–Crippen LogP) is 3.23. The third-order valence-electron chi connectivity index (χ3n) is 3.98. The number of hydrogen-bond acceptors (Lipinski definition) is 5. The van der Waals surface area contributed by atoms with Crippen LogP contribution in [0, 0.1) is 0 Å². The van der Waals surface area contributed by atoms with Gasteiger partial charge in [0, 0.05) is 6.54 Å². The standard InChI is InChI=1S/C20H25NO5S/c1-4-25-18-11-13-19(14-12-18)27(23,24)21(16(3)20(22)26-5-2)15-17-9-7-6-8-10-17/h6-14,16H,4-5,15H2,1-3H3. The molecule has 0 N–H and O–H groups in total. The van der Waals surface area contributed by atoms with Crippen molar-refractivity contribution in [2.24, 2.45) is 0 Å². The summed E-state index contributed by atoms with van der Waals surface area (Å²) < 4.78 is 38.0. The summed E-state index contributed by atoms with van der Waals surface area (Å²) in [7, 11) is -3.92. The minimum atomic E-state index is -3.92. The van der Waals surface area contributed by atoms with Crippen molar-refractivity contribution in [2.75, 3.05) is 13.2 Å². The molecule has 0 radical (unpaired) electrons. The molecule has 2 aromatic carbocycles. The van der Waals surface area contributed by atoms with Gasteiger partial charge in [0.1, 0.15) is 11.8 Å². The van der Waals surface area contributed by atoms with Crippen LogP contribution >= 0.6 is 0 Å². The first-order valence-corrected chi connectivity index (χ1v) is 10.3. The van der Waals surface area contributed by atoms with E-state index in [1.165, 1.54) is 19.1 Å². The number of hydrogen-bond donors (Lipinski definition) is 0. The van der Waals surface area contributed by atoms with Gasteiger partial charge < -0.3 is 9.47 Å². The van der Waals surface area contributed by atoms with Gasteiger partial charge in [-0.2, -0.15) is 4.31 Å². The van der Waals surface area contributed by atoms with Crippen molar-refractivity contribution in [2.45, 2.75) is 38.3 Å². The Balaban J connectivity index is 2.38. The van der Waals surface area contributed by atoms with E-state index in [0.29, 0.717) is 12.4 Å². The zero-order valence-corrected chi connectivity index (χ0v) is 16.6. The zero-order valence-electron chi connectivity index (χ0n) is 15.8. The van der Waals surface area contributed by atoms with Gasteiger partial charge in [-0.25, -0.2) is 8.42 Å². The number of benzene rings is 2. The summed E-state index contributed by atoms with van der Waals surface area (Å²) in [5.41, 5.74) is 0.781. The molecule has 0 amide bonds. The summed E-state index contributed by atoms with van der Waals surface area (Å²) in [4.78, 5) is 12.3. The molecule has 0 fully saturated rings. The van der Waals surface area contributed by atoms with Gasteiger partial charge in [0.05, 0.1) is 18.1 Å². The predicted molar refractivity (Wildman–Crippen MR) is 103 cm³/mol. The van der Waals surface area contributed by atoms with Crippen molar-refractivity contribution in [1.29, 1.82) is 0 Å². The number of esters is 1. The average Bonchev–Trinajstić information content (AvgIpc) is 2.67. The molecule has 2 aromatic rings. The molecule has 0 saturated carbocycles. The van der Waals surface area contributed by atoms with Crippen molar-refractivity contribution in [3.63, 3.8) is 0 Å². The first-order chi connectivity index (χ1) is 12.9. The van der Waals surface area contributed by atoms with Gasteiger partial charge in [0.25, 0.3) is 0 Å². The Morgan fingerprint density at radius 2 is 1.63 bits per heavy atom. The Hall–Kier alpha value is -2.38. The number of carbonyl (C=O) groups is 1. The fourth-order valence-corrected chi connectivity index (χ4v) is 4.16. The number of carbonyl (C=O) groups excluding carboxylic acids is 1. The molecule has 1 unspecified atom stereocenters. The third kappa shape index (κ3) is 5.30. The maximum absolute atomic E-state index is 13.2. The summed E-state index contributed by atoms with van der Waals surface area (Å²) in [5, 5.41) is 0. The molecule has 146 valence electrons. The van der Waals surface area contributed by atoms with Crippen LogP contribution in [0.5, 0.6) is 5.75 Å². The highest BCUT2D eigenvalue weighted by atomic mass is 32.2. The Morgan fingerprint density at radius 3 is 2.19 bits per heavy atom. The molecular weight excluding hydrogens is 366 g/mol. The van der Waals surface area contributed by atoms with Crippen molar-refractivity contribution in [1.82, 2.24) is 4.31 Å². The minimum absolute atomic E-state index is 0.0658. The molecule has 0 aromatic heterocycles. The summed E-state index contributed by atoms with van der Waals surface area (Å²) >= 11 is 0. The first kappa shape index (κ1) is 20.9. The molecule has 0 heterocycles. The lowest BCUT2D eigenvalue weighted by atomic mass is 10.2. The maximum atomic E-state index is 13.2. The molecule has 0 bridgehead atoms. The highest BCUT2D eigenvalue weighted by Crippen LogP contribution is 2.24. The van der Waals surface area contributed by atoms with E-state index in [2.05, 4.69) is 0 Å². The summed E-state index contributed by atoms with van der Waals surface area (Å²) in [6.07, 6.45) is 0. The SMILES string of the molecule is CCOC(=O)C(C)N(Cc1ccccc1)S(=O)(=O)c1ccc(OCC)cc1. The molecule has 0 saturated heterocycles. The van der Waals surface area contributed by atoms with E-state index < -0.39 is 22.0 Å². The van der Waals surface area contributed by atoms with Gasteiger partial charge in [-0.05, 0) is 50.6 Å². The molecule has 7 heteroatoms. The van der Waals surface area contributed by atoms with E-state index in [1.807, 2.05) is 37.3 Å². The van der Waals surface area contributed by atoms with Crippen molar-refractivity contribution < 1.29 is 22.7 Å². The van der Waals surface area contributed by atoms with Crippen LogP contribution in [0.1, 0.15) is 26.3 Å². The van der Waals surface area contributed by atoms with Crippen LogP contribution in [0.25, 0.3) is 0 Å². The van der Waals surface area contributed by atoms with Crippen molar-refractivity contribution in [3.05, 3.63) is 60.2 Å². The maximum Gasteiger partial charge on any atom is 0.324 e. The number of nitrogens with zero attached hydrogens (tertiary/aromatic N) is 1.